The molecule has 2 heterocycles. The van der Waals surface area contributed by atoms with Crippen LogP contribution in [-0.2, 0) is 4.74 Å². The minimum absolute atomic E-state index is 0.135. The Morgan fingerprint density at radius 3 is 2.67 bits per heavy atom. The van der Waals surface area contributed by atoms with Gasteiger partial charge in [-0.15, -0.1) is 0 Å². The smallest absolute Gasteiger partial charge is 0.411 e. The van der Waals surface area contributed by atoms with Crippen LogP contribution in [-0.4, -0.2) is 29.7 Å². The highest BCUT2D eigenvalue weighted by molar-refractivity contribution is 5.83. The zero-order valence-corrected chi connectivity index (χ0v) is 11.7. The lowest BCUT2D eigenvalue weighted by Gasteiger charge is -2.27. The highest BCUT2D eigenvalue weighted by atomic mass is 19.1. The number of carbonyl (C=O) groups excluding carboxylic acids is 1. The molecule has 0 fully saturated rings. The molecular weight excluding hydrogens is 269 g/mol. The quantitative estimate of drug-likeness (QED) is 0.831. The number of hydrogen-bond acceptors (Lipinski definition) is 2. The Kier molecular flexibility index (Phi) is 3.60. The maximum atomic E-state index is 13.1. The van der Waals surface area contributed by atoms with E-state index in [4.69, 9.17) is 4.74 Å². The second-order valence-corrected chi connectivity index (χ2v) is 4.94. The van der Waals surface area contributed by atoms with Crippen LogP contribution in [0.25, 0.3) is 5.57 Å². The van der Waals surface area contributed by atoms with E-state index in [1.54, 1.807) is 24.0 Å². The Morgan fingerprint density at radius 1 is 1.24 bits per heavy atom. The molecule has 1 aromatic carbocycles. The van der Waals surface area contributed by atoms with E-state index in [0.29, 0.717) is 6.61 Å². The maximum absolute atomic E-state index is 13.1. The topological polar surface area (TPSA) is 29.5 Å². The van der Waals surface area contributed by atoms with Gasteiger partial charge in [-0.3, -0.25) is 4.90 Å². The van der Waals surface area contributed by atoms with Crippen LogP contribution in [0.3, 0.4) is 0 Å². The largest absolute Gasteiger partial charge is 0.450 e. The molecule has 3 rings (SSSR count). The molecular formula is C17H16FNO2. The molecule has 3 nitrogen and oxygen atoms in total. The lowest BCUT2D eigenvalue weighted by Crippen LogP contribution is -2.41. The lowest BCUT2D eigenvalue weighted by molar-refractivity contribution is 0.104. The number of allylic oxidation sites excluding steroid dienone is 2. The molecule has 2 bridgehead atoms. The SMILES string of the molecule is CCOC(=O)N1C2C=CC=CC1C(c1ccc(F)cc1)=C2. The summed E-state index contributed by atoms with van der Waals surface area (Å²) >= 11 is 0. The number of ether oxygens (including phenoxy) is 1. The standard InChI is InChI=1S/C17H16FNO2/c1-2-21-17(20)19-14-5-3-4-6-16(19)15(11-14)12-7-9-13(18)10-8-12/h3-11,14,16H,2H2,1H3. The molecule has 108 valence electrons. The normalized spacial score (nSPS) is 23.0. The summed E-state index contributed by atoms with van der Waals surface area (Å²) in [6.45, 7) is 2.13. The van der Waals surface area contributed by atoms with Gasteiger partial charge in [-0.2, -0.15) is 0 Å². The summed E-state index contributed by atoms with van der Waals surface area (Å²) in [5, 5.41) is 0. The fraction of sp³-hybridized carbons (Fsp3) is 0.235. The van der Waals surface area contributed by atoms with Crippen LogP contribution in [0.5, 0.6) is 0 Å². The summed E-state index contributed by atoms with van der Waals surface area (Å²) < 4.78 is 18.2. The number of rotatable bonds is 2. The van der Waals surface area contributed by atoms with Crippen LogP contribution < -0.4 is 0 Å². The monoisotopic (exact) mass is 285 g/mol. The molecule has 21 heavy (non-hydrogen) atoms. The third-order valence-electron chi connectivity index (χ3n) is 3.66. The number of fused-ring (bicyclic) bond motifs is 2. The summed E-state index contributed by atoms with van der Waals surface area (Å²) in [6.07, 6.45) is 9.44. The van der Waals surface area contributed by atoms with Gasteiger partial charge in [-0.05, 0) is 30.2 Å². The predicted octanol–water partition coefficient (Wildman–Crippen LogP) is 3.54. The Hall–Kier alpha value is -2.36. The van der Waals surface area contributed by atoms with Gasteiger partial charge in [0.2, 0.25) is 0 Å². The van der Waals surface area contributed by atoms with E-state index in [9.17, 15) is 9.18 Å². The highest BCUT2D eigenvalue weighted by Crippen LogP contribution is 2.34. The molecule has 0 saturated carbocycles. The van der Waals surface area contributed by atoms with Crippen molar-refractivity contribution in [2.24, 2.45) is 0 Å². The lowest BCUT2D eigenvalue weighted by atomic mass is 9.99. The molecule has 1 aromatic rings. The van der Waals surface area contributed by atoms with E-state index in [0.717, 1.165) is 11.1 Å². The first-order chi connectivity index (χ1) is 10.2. The van der Waals surface area contributed by atoms with Crippen molar-refractivity contribution < 1.29 is 13.9 Å². The Balaban J connectivity index is 1.96. The van der Waals surface area contributed by atoms with E-state index in [2.05, 4.69) is 0 Å². The van der Waals surface area contributed by atoms with Gasteiger partial charge in [0, 0.05) is 0 Å². The summed E-state index contributed by atoms with van der Waals surface area (Å²) in [6, 6.07) is 6.01. The van der Waals surface area contributed by atoms with Gasteiger partial charge in [-0.25, -0.2) is 9.18 Å². The third kappa shape index (κ3) is 2.49. The van der Waals surface area contributed by atoms with Gasteiger partial charge in [0.15, 0.2) is 0 Å². The van der Waals surface area contributed by atoms with Gasteiger partial charge in [0.1, 0.15) is 5.82 Å². The average Bonchev–Trinajstić information content (AvgIpc) is 2.68. The summed E-state index contributed by atoms with van der Waals surface area (Å²) in [7, 11) is 0. The molecule has 2 aliphatic heterocycles. The molecule has 0 spiro atoms. The second kappa shape index (κ2) is 5.56. The maximum Gasteiger partial charge on any atom is 0.411 e. The number of nitrogens with zero attached hydrogens (tertiary/aromatic N) is 1. The van der Waals surface area contributed by atoms with Crippen molar-refractivity contribution in [2.45, 2.75) is 19.0 Å². The average molecular weight is 285 g/mol. The van der Waals surface area contributed by atoms with E-state index in [1.165, 1.54) is 12.1 Å². The molecule has 4 heteroatoms. The van der Waals surface area contributed by atoms with Crippen LogP contribution in [0, 0.1) is 5.82 Å². The van der Waals surface area contributed by atoms with Crippen molar-refractivity contribution in [3.8, 4) is 0 Å². The molecule has 0 aromatic heterocycles. The van der Waals surface area contributed by atoms with Crippen LogP contribution in [0.2, 0.25) is 0 Å². The first-order valence-electron chi connectivity index (χ1n) is 6.98. The van der Waals surface area contributed by atoms with Crippen molar-refractivity contribution in [2.75, 3.05) is 6.61 Å². The van der Waals surface area contributed by atoms with Crippen molar-refractivity contribution in [1.29, 1.82) is 0 Å². The zero-order chi connectivity index (χ0) is 14.8. The minimum Gasteiger partial charge on any atom is -0.450 e. The van der Waals surface area contributed by atoms with Gasteiger partial charge in [0.05, 0.1) is 18.7 Å². The number of hydrogen-bond donors (Lipinski definition) is 0. The van der Waals surface area contributed by atoms with Crippen LogP contribution >= 0.6 is 0 Å². The fourth-order valence-corrected chi connectivity index (χ4v) is 2.73. The Labute approximate surface area is 123 Å². The minimum atomic E-state index is -0.336. The first kappa shape index (κ1) is 13.6. The van der Waals surface area contributed by atoms with Crippen molar-refractivity contribution in [3.63, 3.8) is 0 Å². The molecule has 0 saturated heterocycles. The zero-order valence-electron chi connectivity index (χ0n) is 11.7. The fourth-order valence-electron chi connectivity index (χ4n) is 2.73. The van der Waals surface area contributed by atoms with Crippen LogP contribution in [0.15, 0.2) is 54.6 Å². The highest BCUT2D eigenvalue weighted by Gasteiger charge is 2.37. The summed E-state index contributed by atoms with van der Waals surface area (Å²) in [5.41, 5.74) is 1.91. The molecule has 0 N–H and O–H groups in total. The Morgan fingerprint density at radius 2 is 1.95 bits per heavy atom. The molecule has 2 unspecified atom stereocenters. The predicted molar refractivity (Wildman–Crippen MR) is 79.1 cm³/mol. The van der Waals surface area contributed by atoms with Crippen molar-refractivity contribution >= 4 is 11.7 Å². The molecule has 0 radical (unpaired) electrons. The number of amides is 1. The number of carbonyl (C=O) groups is 1. The number of halogens is 1. The third-order valence-corrected chi connectivity index (χ3v) is 3.66. The van der Waals surface area contributed by atoms with E-state index < -0.39 is 0 Å². The van der Waals surface area contributed by atoms with Gasteiger partial charge >= 0.3 is 6.09 Å². The molecule has 2 atom stereocenters. The van der Waals surface area contributed by atoms with Crippen LogP contribution in [0.4, 0.5) is 9.18 Å². The molecule has 1 amide bonds. The van der Waals surface area contributed by atoms with Gasteiger partial charge in [0.25, 0.3) is 0 Å². The van der Waals surface area contributed by atoms with Crippen molar-refractivity contribution in [3.05, 3.63) is 66.0 Å². The molecule has 2 aliphatic rings. The van der Waals surface area contributed by atoms with E-state index >= 15 is 0 Å². The first-order valence-corrected chi connectivity index (χ1v) is 6.98. The number of benzene rings is 1. The van der Waals surface area contributed by atoms with E-state index in [1.807, 2.05) is 30.4 Å². The molecule has 0 aliphatic carbocycles. The van der Waals surface area contributed by atoms with Crippen molar-refractivity contribution in [1.82, 2.24) is 4.90 Å². The Bertz CT molecular complexity index is 631. The summed E-state index contributed by atoms with van der Waals surface area (Å²) in [5.74, 6) is -0.268. The van der Waals surface area contributed by atoms with E-state index in [-0.39, 0.29) is 24.0 Å². The summed E-state index contributed by atoms with van der Waals surface area (Å²) in [4.78, 5) is 13.9. The van der Waals surface area contributed by atoms with Crippen LogP contribution in [0.1, 0.15) is 12.5 Å². The van der Waals surface area contributed by atoms with Gasteiger partial charge < -0.3 is 4.74 Å². The second-order valence-electron chi connectivity index (χ2n) is 4.94. The van der Waals surface area contributed by atoms with Gasteiger partial charge in [-0.1, -0.05) is 42.5 Å².